The SMILES string of the molecule is Cc1cc(C)c(C(CC(=O)O)N2CCCCCC2)cc1C. The molecule has 1 aliphatic rings. The second-order valence-corrected chi connectivity index (χ2v) is 6.36. The zero-order valence-corrected chi connectivity index (χ0v) is 13.5. The molecular formula is C18H27NO2. The third-order valence-electron chi connectivity index (χ3n) is 4.69. The highest BCUT2D eigenvalue weighted by molar-refractivity contribution is 5.68. The van der Waals surface area contributed by atoms with E-state index < -0.39 is 5.97 Å². The minimum atomic E-state index is -0.707. The molecule has 0 bridgehead atoms. The van der Waals surface area contributed by atoms with Gasteiger partial charge in [-0.1, -0.05) is 25.0 Å². The Morgan fingerprint density at radius 2 is 1.62 bits per heavy atom. The Morgan fingerprint density at radius 1 is 1.05 bits per heavy atom. The standard InChI is InChI=1S/C18H27NO2/c1-13-10-15(3)16(11-14(13)2)17(12-18(20)21)19-8-6-4-5-7-9-19/h10-11,17H,4-9,12H2,1-3H3,(H,20,21). The van der Waals surface area contributed by atoms with Crippen LogP contribution in [0, 0.1) is 20.8 Å². The van der Waals surface area contributed by atoms with Crippen molar-refractivity contribution in [1.82, 2.24) is 4.90 Å². The van der Waals surface area contributed by atoms with Crippen molar-refractivity contribution in [2.75, 3.05) is 13.1 Å². The van der Waals surface area contributed by atoms with Gasteiger partial charge < -0.3 is 5.11 Å². The molecule has 1 saturated heterocycles. The van der Waals surface area contributed by atoms with Crippen molar-refractivity contribution >= 4 is 5.97 Å². The van der Waals surface area contributed by atoms with Gasteiger partial charge in [-0.15, -0.1) is 0 Å². The quantitative estimate of drug-likeness (QED) is 0.910. The molecule has 0 aliphatic carbocycles. The summed E-state index contributed by atoms with van der Waals surface area (Å²) in [6.45, 7) is 8.37. The van der Waals surface area contributed by atoms with E-state index in [2.05, 4.69) is 37.8 Å². The molecule has 1 aromatic rings. The molecule has 116 valence electrons. The van der Waals surface area contributed by atoms with Crippen LogP contribution in [0.2, 0.25) is 0 Å². The van der Waals surface area contributed by atoms with E-state index in [0.29, 0.717) is 0 Å². The van der Waals surface area contributed by atoms with Crippen molar-refractivity contribution in [3.05, 3.63) is 34.4 Å². The number of hydrogen-bond donors (Lipinski definition) is 1. The minimum Gasteiger partial charge on any atom is -0.481 e. The fourth-order valence-electron chi connectivity index (χ4n) is 3.35. The molecule has 1 aliphatic heterocycles. The van der Waals surface area contributed by atoms with Crippen LogP contribution in [0.1, 0.15) is 60.4 Å². The van der Waals surface area contributed by atoms with Crippen LogP contribution in [0.3, 0.4) is 0 Å². The van der Waals surface area contributed by atoms with E-state index in [9.17, 15) is 9.90 Å². The summed E-state index contributed by atoms with van der Waals surface area (Å²) in [5.74, 6) is -0.707. The van der Waals surface area contributed by atoms with Crippen LogP contribution >= 0.6 is 0 Å². The molecule has 2 rings (SSSR count). The molecule has 21 heavy (non-hydrogen) atoms. The monoisotopic (exact) mass is 289 g/mol. The number of hydrogen-bond acceptors (Lipinski definition) is 2. The van der Waals surface area contributed by atoms with E-state index in [-0.39, 0.29) is 12.5 Å². The largest absolute Gasteiger partial charge is 0.481 e. The predicted molar refractivity (Wildman–Crippen MR) is 85.7 cm³/mol. The summed E-state index contributed by atoms with van der Waals surface area (Å²) >= 11 is 0. The Labute approximate surface area is 128 Å². The van der Waals surface area contributed by atoms with Gasteiger partial charge in [-0.25, -0.2) is 0 Å². The van der Waals surface area contributed by atoms with Gasteiger partial charge in [-0.05, 0) is 69.0 Å². The molecule has 0 saturated carbocycles. The highest BCUT2D eigenvalue weighted by Crippen LogP contribution is 2.31. The molecule has 1 heterocycles. The number of carbonyl (C=O) groups is 1. The average molecular weight is 289 g/mol. The summed E-state index contributed by atoms with van der Waals surface area (Å²) in [7, 11) is 0. The van der Waals surface area contributed by atoms with E-state index in [4.69, 9.17) is 0 Å². The topological polar surface area (TPSA) is 40.5 Å². The molecule has 0 spiro atoms. The van der Waals surface area contributed by atoms with Gasteiger partial charge >= 0.3 is 5.97 Å². The molecule has 3 nitrogen and oxygen atoms in total. The zero-order valence-electron chi connectivity index (χ0n) is 13.5. The Morgan fingerprint density at radius 3 is 2.19 bits per heavy atom. The maximum atomic E-state index is 11.3. The molecule has 1 atom stereocenters. The number of benzene rings is 1. The Hall–Kier alpha value is -1.35. The van der Waals surface area contributed by atoms with Crippen LogP contribution in [-0.2, 0) is 4.79 Å². The number of carboxylic acids is 1. The summed E-state index contributed by atoms with van der Waals surface area (Å²) in [6, 6.07) is 4.40. The van der Waals surface area contributed by atoms with Crippen LogP contribution in [0.15, 0.2) is 12.1 Å². The number of rotatable bonds is 4. The van der Waals surface area contributed by atoms with Gasteiger partial charge in [-0.3, -0.25) is 9.69 Å². The molecule has 0 amide bonds. The van der Waals surface area contributed by atoms with Crippen molar-refractivity contribution < 1.29 is 9.90 Å². The third kappa shape index (κ3) is 4.07. The summed E-state index contributed by atoms with van der Waals surface area (Å²) in [5, 5.41) is 9.33. The summed E-state index contributed by atoms with van der Waals surface area (Å²) < 4.78 is 0. The molecule has 1 fully saturated rings. The lowest BCUT2D eigenvalue weighted by Gasteiger charge is -2.31. The fourth-order valence-corrected chi connectivity index (χ4v) is 3.35. The smallest absolute Gasteiger partial charge is 0.305 e. The minimum absolute atomic E-state index is 0.0138. The summed E-state index contributed by atoms with van der Waals surface area (Å²) in [5.41, 5.74) is 4.94. The lowest BCUT2D eigenvalue weighted by molar-refractivity contribution is -0.138. The van der Waals surface area contributed by atoms with Gasteiger partial charge in [0.2, 0.25) is 0 Å². The van der Waals surface area contributed by atoms with Gasteiger partial charge in [0, 0.05) is 6.04 Å². The van der Waals surface area contributed by atoms with E-state index in [0.717, 1.165) is 13.1 Å². The first-order chi connectivity index (χ1) is 9.99. The van der Waals surface area contributed by atoms with Crippen LogP contribution in [-0.4, -0.2) is 29.1 Å². The Balaban J connectivity index is 2.34. The molecule has 0 aromatic heterocycles. The Bertz CT molecular complexity index is 502. The average Bonchev–Trinajstić information content (AvgIpc) is 2.69. The maximum Gasteiger partial charge on any atom is 0.305 e. The van der Waals surface area contributed by atoms with Crippen LogP contribution in [0.5, 0.6) is 0 Å². The fraction of sp³-hybridized carbons (Fsp3) is 0.611. The van der Waals surface area contributed by atoms with Gasteiger partial charge in [0.15, 0.2) is 0 Å². The zero-order chi connectivity index (χ0) is 15.4. The summed E-state index contributed by atoms with van der Waals surface area (Å²) in [4.78, 5) is 13.7. The second-order valence-electron chi connectivity index (χ2n) is 6.36. The highest BCUT2D eigenvalue weighted by atomic mass is 16.4. The van der Waals surface area contributed by atoms with E-state index >= 15 is 0 Å². The maximum absolute atomic E-state index is 11.3. The lowest BCUT2D eigenvalue weighted by Crippen LogP contribution is -2.32. The lowest BCUT2D eigenvalue weighted by atomic mass is 9.93. The van der Waals surface area contributed by atoms with Gasteiger partial charge in [0.25, 0.3) is 0 Å². The van der Waals surface area contributed by atoms with Crippen LogP contribution in [0.4, 0.5) is 0 Å². The number of nitrogens with zero attached hydrogens (tertiary/aromatic N) is 1. The number of aliphatic carboxylic acids is 1. The number of likely N-dealkylation sites (tertiary alicyclic amines) is 1. The van der Waals surface area contributed by atoms with Crippen molar-refractivity contribution in [2.24, 2.45) is 0 Å². The third-order valence-corrected chi connectivity index (χ3v) is 4.69. The van der Waals surface area contributed by atoms with Gasteiger partial charge in [0.1, 0.15) is 0 Å². The van der Waals surface area contributed by atoms with Crippen molar-refractivity contribution in [1.29, 1.82) is 0 Å². The molecule has 3 heteroatoms. The van der Waals surface area contributed by atoms with Crippen molar-refractivity contribution in [2.45, 2.75) is 58.9 Å². The van der Waals surface area contributed by atoms with E-state index in [1.54, 1.807) is 0 Å². The molecule has 0 radical (unpaired) electrons. The van der Waals surface area contributed by atoms with Crippen molar-refractivity contribution in [3.63, 3.8) is 0 Å². The van der Waals surface area contributed by atoms with E-state index in [1.165, 1.54) is 47.9 Å². The van der Waals surface area contributed by atoms with Gasteiger partial charge in [-0.2, -0.15) is 0 Å². The van der Waals surface area contributed by atoms with Crippen molar-refractivity contribution in [3.8, 4) is 0 Å². The second kappa shape index (κ2) is 7.08. The first-order valence-corrected chi connectivity index (χ1v) is 8.02. The molecule has 1 unspecified atom stereocenters. The predicted octanol–water partition coefficient (Wildman–Crippen LogP) is 4.00. The number of carboxylic acid groups (broad SMARTS) is 1. The first kappa shape index (κ1) is 16.0. The molecule has 1 aromatic carbocycles. The van der Waals surface area contributed by atoms with Crippen LogP contribution in [0.25, 0.3) is 0 Å². The van der Waals surface area contributed by atoms with Crippen LogP contribution < -0.4 is 0 Å². The number of aryl methyl sites for hydroxylation is 3. The normalized spacial score (nSPS) is 18.2. The Kier molecular flexibility index (Phi) is 5.40. The highest BCUT2D eigenvalue weighted by Gasteiger charge is 2.25. The van der Waals surface area contributed by atoms with E-state index in [1.807, 2.05) is 0 Å². The summed E-state index contributed by atoms with van der Waals surface area (Å²) in [6.07, 6.45) is 5.09. The molecule has 1 N–H and O–H groups in total. The molecular weight excluding hydrogens is 262 g/mol. The first-order valence-electron chi connectivity index (χ1n) is 8.02. The van der Waals surface area contributed by atoms with Gasteiger partial charge in [0.05, 0.1) is 6.42 Å².